The van der Waals surface area contributed by atoms with Crippen molar-refractivity contribution in [3.8, 4) is 0 Å². The Morgan fingerprint density at radius 2 is 2.14 bits per heavy atom. The van der Waals surface area contributed by atoms with Crippen molar-refractivity contribution in [2.75, 3.05) is 6.61 Å². The lowest BCUT2D eigenvalue weighted by Crippen LogP contribution is -2.19. The third kappa shape index (κ3) is 2.57. The molecule has 0 saturated carbocycles. The Kier molecular flexibility index (Phi) is 3.73. The molecule has 1 aromatic heterocycles. The molecule has 1 unspecified atom stereocenters. The van der Waals surface area contributed by atoms with E-state index in [1.54, 1.807) is 10.9 Å². The number of ether oxygens (including phenoxy) is 1. The van der Waals surface area contributed by atoms with E-state index in [0.717, 1.165) is 19.3 Å². The first-order chi connectivity index (χ1) is 9.89. The fourth-order valence-electron chi connectivity index (χ4n) is 2.69. The molecule has 1 aliphatic heterocycles. The minimum atomic E-state index is -4.39. The third-order valence-electron chi connectivity index (χ3n) is 3.82. The summed E-state index contributed by atoms with van der Waals surface area (Å²) in [6.45, 7) is 2.08. The van der Waals surface area contributed by atoms with Crippen molar-refractivity contribution in [3.05, 3.63) is 27.9 Å². The Morgan fingerprint density at radius 3 is 2.76 bits per heavy atom. The Balaban J connectivity index is 2.18. The molecule has 3 rings (SSSR count). The van der Waals surface area contributed by atoms with Gasteiger partial charge in [-0.1, -0.05) is 0 Å². The molecule has 0 aliphatic carbocycles. The largest absolute Gasteiger partial charge is 0.416 e. The van der Waals surface area contributed by atoms with Gasteiger partial charge in [-0.15, -0.1) is 0 Å². The van der Waals surface area contributed by atoms with E-state index in [1.807, 2.05) is 0 Å². The highest BCUT2D eigenvalue weighted by Crippen LogP contribution is 2.40. The molecule has 0 amide bonds. The third-order valence-corrected chi connectivity index (χ3v) is 4.84. The minimum Gasteiger partial charge on any atom is -0.356 e. The molecule has 3 nitrogen and oxygen atoms in total. The molecule has 1 atom stereocenters. The molecule has 7 heteroatoms. The van der Waals surface area contributed by atoms with Gasteiger partial charge in [-0.05, 0) is 53.7 Å². The number of alkyl halides is 3. The summed E-state index contributed by atoms with van der Waals surface area (Å²) < 4.78 is 47.1. The minimum absolute atomic E-state index is 0.180. The van der Waals surface area contributed by atoms with Crippen LogP contribution < -0.4 is 0 Å². The van der Waals surface area contributed by atoms with Crippen LogP contribution in [0.1, 0.15) is 36.6 Å². The van der Waals surface area contributed by atoms with Crippen LogP contribution in [0.4, 0.5) is 13.2 Å². The number of hydrogen-bond acceptors (Lipinski definition) is 2. The zero-order chi connectivity index (χ0) is 15.2. The Bertz CT molecular complexity index is 675. The van der Waals surface area contributed by atoms with Crippen LogP contribution in [0.3, 0.4) is 0 Å². The lowest BCUT2D eigenvalue weighted by Gasteiger charge is -2.24. The first-order valence-electron chi connectivity index (χ1n) is 6.74. The van der Waals surface area contributed by atoms with Crippen molar-refractivity contribution < 1.29 is 17.9 Å². The van der Waals surface area contributed by atoms with E-state index in [2.05, 4.69) is 21.0 Å². The van der Waals surface area contributed by atoms with Crippen molar-refractivity contribution >= 4 is 26.8 Å². The van der Waals surface area contributed by atoms with E-state index >= 15 is 0 Å². The van der Waals surface area contributed by atoms with E-state index < -0.39 is 11.7 Å². The van der Waals surface area contributed by atoms with Crippen LogP contribution >= 0.6 is 15.9 Å². The van der Waals surface area contributed by atoms with Gasteiger partial charge in [-0.25, -0.2) is 4.68 Å². The van der Waals surface area contributed by atoms with Crippen LogP contribution in [0, 0.1) is 6.92 Å². The van der Waals surface area contributed by atoms with Crippen LogP contribution in [0.15, 0.2) is 16.7 Å². The van der Waals surface area contributed by atoms with Gasteiger partial charge in [0.15, 0.2) is 6.23 Å². The molecule has 0 bridgehead atoms. The molecule has 0 radical (unpaired) electrons. The smallest absolute Gasteiger partial charge is 0.356 e. The molecule has 1 aliphatic rings. The maximum absolute atomic E-state index is 13.2. The highest BCUT2D eigenvalue weighted by atomic mass is 79.9. The fourth-order valence-corrected chi connectivity index (χ4v) is 3.21. The number of rotatable bonds is 1. The zero-order valence-electron chi connectivity index (χ0n) is 11.4. The maximum atomic E-state index is 13.2. The zero-order valence-corrected chi connectivity index (χ0v) is 13.0. The molecule has 1 fully saturated rings. The van der Waals surface area contributed by atoms with Crippen LogP contribution in [0.25, 0.3) is 10.9 Å². The first kappa shape index (κ1) is 14.8. The second-order valence-corrected chi connectivity index (χ2v) is 6.00. The second kappa shape index (κ2) is 5.28. The SMILES string of the molecule is Cc1c(C(F)(F)F)cc2c(cnn2C2CCCCO2)c1Br. The number of hydrogen-bond donors (Lipinski definition) is 0. The molecule has 0 spiro atoms. The number of benzene rings is 1. The molecule has 1 aromatic carbocycles. The van der Waals surface area contributed by atoms with E-state index in [0.29, 0.717) is 22.0 Å². The van der Waals surface area contributed by atoms with Crippen molar-refractivity contribution in [3.63, 3.8) is 0 Å². The molecule has 114 valence electrons. The average Bonchev–Trinajstić information content (AvgIpc) is 2.86. The summed E-state index contributed by atoms with van der Waals surface area (Å²) in [6, 6.07) is 1.17. The van der Waals surface area contributed by atoms with Gasteiger partial charge < -0.3 is 4.74 Å². The van der Waals surface area contributed by atoms with Crippen molar-refractivity contribution in [2.24, 2.45) is 0 Å². The fraction of sp³-hybridized carbons (Fsp3) is 0.500. The van der Waals surface area contributed by atoms with Gasteiger partial charge in [0.1, 0.15) is 0 Å². The summed E-state index contributed by atoms with van der Waals surface area (Å²) in [7, 11) is 0. The molecule has 21 heavy (non-hydrogen) atoms. The number of aromatic nitrogens is 2. The number of fused-ring (bicyclic) bond motifs is 1. The molecule has 2 heterocycles. The standard InChI is InChI=1S/C14H14BrF3N2O/c1-8-10(14(16,17)18)6-11-9(13(8)15)7-19-20(11)12-4-2-3-5-21-12/h6-7,12H,2-5H2,1H3. The molecule has 2 aromatic rings. The van der Waals surface area contributed by atoms with Gasteiger partial charge in [0, 0.05) is 16.5 Å². The summed E-state index contributed by atoms with van der Waals surface area (Å²) >= 11 is 3.27. The molecular weight excluding hydrogens is 349 g/mol. The lowest BCUT2D eigenvalue weighted by atomic mass is 10.1. The van der Waals surface area contributed by atoms with Crippen LogP contribution in [0.2, 0.25) is 0 Å². The summed E-state index contributed by atoms with van der Waals surface area (Å²) in [5.74, 6) is 0. The Morgan fingerprint density at radius 1 is 1.38 bits per heavy atom. The normalized spacial score (nSPS) is 20.1. The maximum Gasteiger partial charge on any atom is 0.416 e. The van der Waals surface area contributed by atoms with Crippen molar-refractivity contribution in [2.45, 2.75) is 38.6 Å². The van der Waals surface area contributed by atoms with E-state index in [4.69, 9.17) is 4.74 Å². The van der Waals surface area contributed by atoms with Crippen LogP contribution in [-0.4, -0.2) is 16.4 Å². The van der Waals surface area contributed by atoms with Crippen molar-refractivity contribution in [1.82, 2.24) is 9.78 Å². The van der Waals surface area contributed by atoms with Crippen LogP contribution in [0.5, 0.6) is 0 Å². The first-order valence-corrected chi connectivity index (χ1v) is 7.54. The molecule has 0 N–H and O–H groups in total. The molecular formula is C14H14BrF3N2O. The number of halogens is 4. The highest BCUT2D eigenvalue weighted by molar-refractivity contribution is 9.10. The van der Waals surface area contributed by atoms with Gasteiger partial charge in [0.25, 0.3) is 0 Å². The summed E-state index contributed by atoms with van der Waals surface area (Å²) in [6.07, 6.45) is -0.346. The van der Waals surface area contributed by atoms with Gasteiger partial charge >= 0.3 is 6.18 Å². The van der Waals surface area contributed by atoms with Crippen molar-refractivity contribution in [1.29, 1.82) is 0 Å². The van der Waals surface area contributed by atoms with Crippen LogP contribution in [-0.2, 0) is 10.9 Å². The van der Waals surface area contributed by atoms with Gasteiger partial charge in [-0.3, -0.25) is 0 Å². The summed E-state index contributed by atoms with van der Waals surface area (Å²) in [4.78, 5) is 0. The average molecular weight is 363 g/mol. The summed E-state index contributed by atoms with van der Waals surface area (Å²) in [5.41, 5.74) is -0.00903. The van der Waals surface area contributed by atoms with Gasteiger partial charge in [0.2, 0.25) is 0 Å². The quantitative estimate of drug-likeness (QED) is 0.726. The Labute approximate surface area is 128 Å². The lowest BCUT2D eigenvalue weighted by molar-refractivity contribution is -0.138. The number of nitrogens with zero attached hydrogens (tertiary/aromatic N) is 2. The Hall–Kier alpha value is -1.08. The van der Waals surface area contributed by atoms with Gasteiger partial charge in [-0.2, -0.15) is 18.3 Å². The summed E-state index contributed by atoms with van der Waals surface area (Å²) in [5, 5.41) is 4.91. The van der Waals surface area contributed by atoms with E-state index in [-0.39, 0.29) is 11.8 Å². The molecule has 1 saturated heterocycles. The van der Waals surface area contributed by atoms with E-state index in [9.17, 15) is 13.2 Å². The topological polar surface area (TPSA) is 27.1 Å². The highest BCUT2D eigenvalue weighted by Gasteiger charge is 2.34. The second-order valence-electron chi connectivity index (χ2n) is 5.20. The predicted molar refractivity (Wildman–Crippen MR) is 76.0 cm³/mol. The predicted octanol–water partition coefficient (Wildman–Crippen LogP) is 4.83. The van der Waals surface area contributed by atoms with E-state index in [1.165, 1.54) is 13.0 Å². The monoisotopic (exact) mass is 362 g/mol. The van der Waals surface area contributed by atoms with Gasteiger partial charge in [0.05, 0.1) is 17.3 Å².